The van der Waals surface area contributed by atoms with Crippen molar-refractivity contribution in [3.05, 3.63) is 85.1 Å². The number of carbonyl (C=O) groups excluding carboxylic acids is 2. The summed E-state index contributed by atoms with van der Waals surface area (Å²) in [6.45, 7) is 3.98. The van der Waals surface area contributed by atoms with Crippen LogP contribution in [0.2, 0.25) is 0 Å². The fourth-order valence-electron chi connectivity index (χ4n) is 6.95. The minimum absolute atomic E-state index is 0.0651. The summed E-state index contributed by atoms with van der Waals surface area (Å²) in [6, 6.07) is 0. The highest BCUT2D eigenvalue weighted by Gasteiger charge is 2.16. The van der Waals surface area contributed by atoms with E-state index in [1.165, 1.54) is 122 Å². The number of ether oxygens (including phenoxy) is 2. The lowest BCUT2D eigenvalue weighted by molar-refractivity contribution is -0.161. The fraction of sp³-hybridized carbons (Fsp3) is 0.709. The quantitative estimate of drug-likeness (QED) is 0.0376. The number of allylic oxidation sites excluding steroid dienone is 14. The van der Waals surface area contributed by atoms with Crippen LogP contribution in [0.15, 0.2) is 85.1 Å². The molecule has 1 unspecified atom stereocenters. The Kier molecular flexibility index (Phi) is 48.0. The molecule has 0 aliphatic carbocycles. The lowest BCUT2D eigenvalue weighted by Gasteiger charge is -2.15. The van der Waals surface area contributed by atoms with E-state index in [9.17, 15) is 14.7 Å². The van der Waals surface area contributed by atoms with Gasteiger partial charge in [-0.25, -0.2) is 0 Å². The van der Waals surface area contributed by atoms with Gasteiger partial charge in [0.05, 0.1) is 6.61 Å². The van der Waals surface area contributed by atoms with Crippen molar-refractivity contribution in [1.29, 1.82) is 0 Å². The zero-order valence-electron chi connectivity index (χ0n) is 39.2. The molecular weight excluding hydrogens is 741 g/mol. The molecule has 0 saturated heterocycles. The Labute approximate surface area is 371 Å². The molecule has 1 atom stereocenters. The highest BCUT2D eigenvalue weighted by atomic mass is 16.6. The molecule has 5 heteroatoms. The third-order valence-corrected chi connectivity index (χ3v) is 10.7. The minimum atomic E-state index is -0.768. The Morgan fingerprint density at radius 2 is 0.717 bits per heavy atom. The van der Waals surface area contributed by atoms with E-state index < -0.39 is 6.10 Å². The van der Waals surface area contributed by atoms with Crippen LogP contribution in [-0.4, -0.2) is 36.4 Å². The molecule has 0 fully saturated rings. The Balaban J connectivity index is 3.45. The van der Waals surface area contributed by atoms with Gasteiger partial charge in [0.1, 0.15) is 6.61 Å². The van der Waals surface area contributed by atoms with E-state index in [2.05, 4.69) is 98.9 Å². The van der Waals surface area contributed by atoms with Gasteiger partial charge in [-0.05, 0) is 70.6 Å². The Morgan fingerprint density at radius 1 is 0.400 bits per heavy atom. The first-order valence-corrected chi connectivity index (χ1v) is 25.1. The van der Waals surface area contributed by atoms with Crippen molar-refractivity contribution in [3.8, 4) is 0 Å². The zero-order chi connectivity index (χ0) is 43.5. The Morgan fingerprint density at radius 3 is 1.08 bits per heavy atom. The number of aliphatic hydroxyl groups is 1. The van der Waals surface area contributed by atoms with Crippen molar-refractivity contribution in [2.75, 3.05) is 13.2 Å². The number of aliphatic hydroxyl groups excluding tert-OH is 1. The monoisotopic (exact) mass is 835 g/mol. The average Bonchev–Trinajstić information content (AvgIpc) is 3.25. The summed E-state index contributed by atoms with van der Waals surface area (Å²) in [4.78, 5) is 24.2. The first-order chi connectivity index (χ1) is 29.6. The van der Waals surface area contributed by atoms with Crippen molar-refractivity contribution < 1.29 is 24.2 Å². The summed E-state index contributed by atoms with van der Waals surface area (Å²) in [6.07, 6.45) is 70.0. The minimum Gasteiger partial charge on any atom is -0.462 e. The van der Waals surface area contributed by atoms with Gasteiger partial charge in [-0.2, -0.15) is 0 Å². The molecule has 0 heterocycles. The first kappa shape index (κ1) is 57.1. The van der Waals surface area contributed by atoms with Crippen molar-refractivity contribution in [3.63, 3.8) is 0 Å². The normalized spacial score (nSPS) is 12.9. The lowest BCUT2D eigenvalue weighted by atomic mass is 10.0. The van der Waals surface area contributed by atoms with E-state index in [1.54, 1.807) is 0 Å². The first-order valence-electron chi connectivity index (χ1n) is 25.1. The average molecular weight is 835 g/mol. The fourth-order valence-corrected chi connectivity index (χ4v) is 6.95. The number of unbranched alkanes of at least 4 members (excludes halogenated alkanes) is 23. The Bertz CT molecular complexity index is 1130. The van der Waals surface area contributed by atoms with Crippen LogP contribution in [0, 0.1) is 0 Å². The largest absolute Gasteiger partial charge is 0.462 e. The van der Waals surface area contributed by atoms with Crippen LogP contribution in [0.3, 0.4) is 0 Å². The number of carbonyl (C=O) groups is 2. The van der Waals surface area contributed by atoms with E-state index in [0.29, 0.717) is 12.8 Å². The molecule has 1 N–H and O–H groups in total. The molecule has 0 aliphatic rings. The van der Waals surface area contributed by atoms with Crippen LogP contribution < -0.4 is 0 Å². The number of hydrogen-bond acceptors (Lipinski definition) is 5. The van der Waals surface area contributed by atoms with E-state index in [1.807, 2.05) is 0 Å². The molecule has 0 aromatic carbocycles. The number of rotatable bonds is 45. The lowest BCUT2D eigenvalue weighted by Crippen LogP contribution is -2.28. The molecule has 0 saturated carbocycles. The zero-order valence-corrected chi connectivity index (χ0v) is 39.2. The second kappa shape index (κ2) is 50.4. The molecular formula is C55H94O5. The van der Waals surface area contributed by atoms with E-state index in [0.717, 1.165) is 83.5 Å². The summed E-state index contributed by atoms with van der Waals surface area (Å²) in [5.74, 6) is -0.594. The molecule has 0 bridgehead atoms. The predicted molar refractivity (Wildman–Crippen MR) is 260 cm³/mol. The SMILES string of the molecule is CC/C=C\C/C=C\C/C=C\C/C=C\C/C=C\C/C=C\C/C=C\CCCCCCCCCCCCCCCCCCCC(=O)OC(CO)COC(=O)CCCCCCCCC. The van der Waals surface area contributed by atoms with Crippen molar-refractivity contribution >= 4 is 11.9 Å². The molecule has 60 heavy (non-hydrogen) atoms. The van der Waals surface area contributed by atoms with Crippen LogP contribution in [0.25, 0.3) is 0 Å². The van der Waals surface area contributed by atoms with Gasteiger partial charge in [0.25, 0.3) is 0 Å². The topological polar surface area (TPSA) is 72.8 Å². The van der Waals surface area contributed by atoms with Gasteiger partial charge in [0.2, 0.25) is 0 Å². The van der Waals surface area contributed by atoms with Gasteiger partial charge in [0, 0.05) is 12.8 Å². The van der Waals surface area contributed by atoms with E-state index in [-0.39, 0.29) is 25.2 Å². The molecule has 0 aliphatic heterocycles. The van der Waals surface area contributed by atoms with Crippen LogP contribution in [0.5, 0.6) is 0 Å². The molecule has 0 aromatic rings. The van der Waals surface area contributed by atoms with Gasteiger partial charge in [-0.1, -0.05) is 234 Å². The third-order valence-electron chi connectivity index (χ3n) is 10.7. The summed E-state index contributed by atoms with van der Waals surface area (Å²) in [5.41, 5.74) is 0. The van der Waals surface area contributed by atoms with Gasteiger partial charge < -0.3 is 14.6 Å². The van der Waals surface area contributed by atoms with Gasteiger partial charge in [-0.15, -0.1) is 0 Å². The van der Waals surface area contributed by atoms with Crippen LogP contribution in [0.1, 0.15) is 232 Å². The van der Waals surface area contributed by atoms with Crippen LogP contribution in [0.4, 0.5) is 0 Å². The highest BCUT2D eigenvalue weighted by Crippen LogP contribution is 2.15. The number of hydrogen-bond donors (Lipinski definition) is 1. The molecule has 344 valence electrons. The third kappa shape index (κ3) is 47.8. The summed E-state index contributed by atoms with van der Waals surface area (Å²) >= 11 is 0. The Hall–Kier alpha value is -2.92. The van der Waals surface area contributed by atoms with Gasteiger partial charge >= 0.3 is 11.9 Å². The van der Waals surface area contributed by atoms with Gasteiger partial charge in [-0.3, -0.25) is 9.59 Å². The molecule has 0 radical (unpaired) electrons. The second-order valence-electron chi connectivity index (χ2n) is 16.5. The summed E-state index contributed by atoms with van der Waals surface area (Å²) in [7, 11) is 0. The smallest absolute Gasteiger partial charge is 0.306 e. The van der Waals surface area contributed by atoms with Crippen LogP contribution in [-0.2, 0) is 19.1 Å². The maximum atomic E-state index is 12.2. The van der Waals surface area contributed by atoms with E-state index in [4.69, 9.17) is 9.47 Å². The van der Waals surface area contributed by atoms with E-state index >= 15 is 0 Å². The summed E-state index contributed by atoms with van der Waals surface area (Å²) < 4.78 is 10.6. The second-order valence-corrected chi connectivity index (χ2v) is 16.5. The van der Waals surface area contributed by atoms with Crippen molar-refractivity contribution in [2.45, 2.75) is 238 Å². The van der Waals surface area contributed by atoms with Crippen LogP contribution >= 0.6 is 0 Å². The maximum absolute atomic E-state index is 12.2. The highest BCUT2D eigenvalue weighted by molar-refractivity contribution is 5.70. The maximum Gasteiger partial charge on any atom is 0.306 e. The molecule has 0 amide bonds. The molecule has 0 rings (SSSR count). The molecule has 0 aromatic heterocycles. The van der Waals surface area contributed by atoms with Crippen molar-refractivity contribution in [1.82, 2.24) is 0 Å². The predicted octanol–water partition coefficient (Wildman–Crippen LogP) is 16.6. The molecule has 0 spiro atoms. The molecule has 5 nitrogen and oxygen atoms in total. The standard InChI is InChI=1S/C55H94O5/c1-3-5-7-9-11-12-13-14-15-16-17-18-19-20-21-22-23-24-25-26-27-28-29-30-31-32-33-34-35-36-37-38-39-40-41-42-44-46-48-50-55(58)60-53(51-56)52-59-54(57)49-47-45-43-10-8-6-4-2/h5,7,11-12,14-15,17-18,20-21,23-24,26-27,53,56H,3-4,6,8-10,13,16,19,22,25,28-52H2,1-2H3/b7-5-,12-11-,15-14-,18-17-,21-20-,24-23-,27-26-. The van der Waals surface area contributed by atoms with Crippen molar-refractivity contribution in [2.24, 2.45) is 0 Å². The number of esters is 2. The summed E-state index contributed by atoms with van der Waals surface area (Å²) in [5, 5.41) is 9.54. The van der Waals surface area contributed by atoms with Gasteiger partial charge in [0.15, 0.2) is 6.10 Å².